The van der Waals surface area contributed by atoms with Gasteiger partial charge in [-0.1, -0.05) is 30.3 Å². The molecule has 0 unspecified atom stereocenters. The summed E-state index contributed by atoms with van der Waals surface area (Å²) in [7, 11) is 0. The molecule has 2 bridgehead atoms. The summed E-state index contributed by atoms with van der Waals surface area (Å²) >= 11 is 0. The fraction of sp³-hybridized carbons (Fsp3) is 0.450. The fourth-order valence-electron chi connectivity index (χ4n) is 4.08. The van der Waals surface area contributed by atoms with E-state index in [4.69, 9.17) is 4.42 Å². The second-order valence-corrected chi connectivity index (χ2v) is 7.17. The fourth-order valence-corrected chi connectivity index (χ4v) is 4.08. The minimum atomic E-state index is 0.0349. The van der Waals surface area contributed by atoms with Crippen molar-refractivity contribution in [2.24, 2.45) is 5.92 Å². The van der Waals surface area contributed by atoms with Gasteiger partial charge in [0.05, 0.1) is 12.8 Å². The maximum absolute atomic E-state index is 12.7. The Balaban J connectivity index is 1.38. The van der Waals surface area contributed by atoms with E-state index in [1.807, 2.05) is 17.0 Å². The number of urea groups is 1. The Hall–Kier alpha value is -2.27. The number of furan rings is 1. The Morgan fingerprint density at radius 1 is 1.08 bits per heavy atom. The molecule has 5 nitrogen and oxygen atoms in total. The largest absolute Gasteiger partial charge is 0.467 e. The molecule has 5 heteroatoms. The number of carbonyl (C=O) groups is 1. The van der Waals surface area contributed by atoms with Crippen molar-refractivity contribution in [1.29, 1.82) is 0 Å². The average molecular weight is 339 g/mol. The maximum Gasteiger partial charge on any atom is 0.318 e. The van der Waals surface area contributed by atoms with Crippen LogP contribution in [0.2, 0.25) is 0 Å². The van der Waals surface area contributed by atoms with Crippen LogP contribution < -0.4 is 5.32 Å². The maximum atomic E-state index is 12.7. The van der Waals surface area contributed by atoms with Crippen molar-refractivity contribution < 1.29 is 9.21 Å². The van der Waals surface area contributed by atoms with Gasteiger partial charge in [0.25, 0.3) is 0 Å². The van der Waals surface area contributed by atoms with E-state index >= 15 is 0 Å². The van der Waals surface area contributed by atoms with Crippen LogP contribution in [0.25, 0.3) is 0 Å². The van der Waals surface area contributed by atoms with Gasteiger partial charge in [-0.3, -0.25) is 4.90 Å². The minimum Gasteiger partial charge on any atom is -0.467 e. The average Bonchev–Trinajstić information content (AvgIpc) is 3.01. The normalized spacial score (nSPS) is 23.4. The van der Waals surface area contributed by atoms with Crippen LogP contribution in [0.3, 0.4) is 0 Å². The minimum absolute atomic E-state index is 0.0349. The van der Waals surface area contributed by atoms with Crippen molar-refractivity contribution in [2.75, 3.05) is 19.6 Å². The van der Waals surface area contributed by atoms with Gasteiger partial charge in [0, 0.05) is 32.2 Å². The number of piperidine rings is 1. The van der Waals surface area contributed by atoms with Gasteiger partial charge >= 0.3 is 6.03 Å². The molecule has 0 spiro atoms. The van der Waals surface area contributed by atoms with Crippen molar-refractivity contribution in [2.45, 2.75) is 32.0 Å². The molecule has 3 saturated heterocycles. The highest BCUT2D eigenvalue weighted by atomic mass is 16.3. The first-order chi connectivity index (χ1) is 12.3. The topological polar surface area (TPSA) is 48.7 Å². The summed E-state index contributed by atoms with van der Waals surface area (Å²) in [5.41, 5.74) is 1.35. The number of hydrogen-bond donors (Lipinski definition) is 1. The van der Waals surface area contributed by atoms with Crippen molar-refractivity contribution in [3.63, 3.8) is 0 Å². The highest BCUT2D eigenvalue weighted by Gasteiger charge is 2.37. The molecule has 3 fully saturated rings. The van der Waals surface area contributed by atoms with E-state index in [-0.39, 0.29) is 6.03 Å². The second-order valence-electron chi connectivity index (χ2n) is 7.17. The van der Waals surface area contributed by atoms with E-state index in [1.165, 1.54) is 12.0 Å². The van der Waals surface area contributed by atoms with Crippen LogP contribution in [0, 0.1) is 5.92 Å². The molecule has 1 aromatic heterocycles. The smallest absolute Gasteiger partial charge is 0.318 e. The molecule has 2 amide bonds. The molecule has 2 atom stereocenters. The Kier molecular flexibility index (Phi) is 4.74. The highest BCUT2D eigenvalue weighted by Crippen LogP contribution is 2.28. The van der Waals surface area contributed by atoms with E-state index in [0.29, 0.717) is 18.5 Å². The molecule has 1 N–H and O–H groups in total. The zero-order chi connectivity index (χ0) is 17.1. The molecular formula is C20H25N3O2. The van der Waals surface area contributed by atoms with Crippen LogP contribution in [0.15, 0.2) is 53.1 Å². The first-order valence-electron chi connectivity index (χ1n) is 9.11. The first-order valence-corrected chi connectivity index (χ1v) is 9.11. The van der Waals surface area contributed by atoms with Crippen LogP contribution in [-0.2, 0) is 13.1 Å². The van der Waals surface area contributed by atoms with Crippen LogP contribution in [-0.4, -0.2) is 41.5 Å². The van der Waals surface area contributed by atoms with E-state index < -0.39 is 0 Å². The summed E-state index contributed by atoms with van der Waals surface area (Å²) in [6.07, 6.45) is 3.96. The van der Waals surface area contributed by atoms with Gasteiger partial charge < -0.3 is 14.6 Å². The number of hydrogen-bond acceptors (Lipinski definition) is 3. The lowest BCUT2D eigenvalue weighted by molar-refractivity contribution is 0.139. The Labute approximate surface area is 148 Å². The van der Waals surface area contributed by atoms with Gasteiger partial charge in [-0.25, -0.2) is 4.79 Å². The lowest BCUT2D eigenvalue weighted by Gasteiger charge is -2.36. The summed E-state index contributed by atoms with van der Waals surface area (Å²) in [6.45, 7) is 4.32. The van der Waals surface area contributed by atoms with Crippen LogP contribution >= 0.6 is 0 Å². The van der Waals surface area contributed by atoms with Gasteiger partial charge in [0.15, 0.2) is 0 Å². The predicted octanol–water partition coefficient (Wildman–Crippen LogP) is 3.09. The highest BCUT2D eigenvalue weighted by molar-refractivity contribution is 5.74. The Morgan fingerprint density at radius 2 is 1.96 bits per heavy atom. The van der Waals surface area contributed by atoms with Crippen molar-refractivity contribution >= 4 is 6.03 Å². The predicted molar refractivity (Wildman–Crippen MR) is 95.9 cm³/mol. The summed E-state index contributed by atoms with van der Waals surface area (Å²) in [5.74, 6) is 1.36. The molecule has 4 heterocycles. The number of amides is 2. The molecule has 5 rings (SSSR count). The van der Waals surface area contributed by atoms with E-state index in [9.17, 15) is 4.79 Å². The zero-order valence-corrected chi connectivity index (χ0v) is 14.4. The summed E-state index contributed by atoms with van der Waals surface area (Å²) in [6, 6.07) is 14.7. The number of carbonyl (C=O) groups excluding carboxylic acids is 1. The summed E-state index contributed by atoms with van der Waals surface area (Å²) < 4.78 is 5.30. The molecule has 3 aliphatic rings. The number of nitrogens with one attached hydrogen (secondary N) is 1. The van der Waals surface area contributed by atoms with Crippen molar-refractivity contribution in [3.8, 4) is 0 Å². The van der Waals surface area contributed by atoms with Gasteiger partial charge in [-0.05, 0) is 36.5 Å². The third-order valence-electron chi connectivity index (χ3n) is 5.29. The summed E-state index contributed by atoms with van der Waals surface area (Å²) in [4.78, 5) is 17.2. The standard InChI is InChI=1S/C20H25N3O2/c24-20(21-11-19-7-4-10-25-19)23-14-17-8-9-18(23)15-22(13-17)12-16-5-2-1-3-6-16/h1-7,10,17-18H,8-9,11-15H2,(H,21,24)/t17-,18+/m0/s1. The van der Waals surface area contributed by atoms with Crippen molar-refractivity contribution in [1.82, 2.24) is 15.1 Å². The molecule has 3 aliphatic heterocycles. The third kappa shape index (κ3) is 3.87. The number of nitrogens with zero attached hydrogens (tertiary/aromatic N) is 2. The van der Waals surface area contributed by atoms with Crippen LogP contribution in [0.5, 0.6) is 0 Å². The Morgan fingerprint density at radius 3 is 2.76 bits per heavy atom. The molecular weight excluding hydrogens is 314 g/mol. The van der Waals surface area contributed by atoms with Crippen LogP contribution in [0.1, 0.15) is 24.2 Å². The third-order valence-corrected chi connectivity index (χ3v) is 5.29. The zero-order valence-electron chi connectivity index (χ0n) is 14.4. The molecule has 0 radical (unpaired) electrons. The molecule has 0 saturated carbocycles. The molecule has 1 aromatic carbocycles. The van der Waals surface area contributed by atoms with Gasteiger partial charge in [0.2, 0.25) is 0 Å². The van der Waals surface area contributed by atoms with Gasteiger partial charge in [-0.15, -0.1) is 0 Å². The van der Waals surface area contributed by atoms with E-state index in [1.54, 1.807) is 6.26 Å². The lowest BCUT2D eigenvalue weighted by Crippen LogP contribution is -2.51. The van der Waals surface area contributed by atoms with Crippen LogP contribution in [0.4, 0.5) is 4.79 Å². The second kappa shape index (κ2) is 7.31. The number of benzene rings is 1. The molecule has 132 valence electrons. The summed E-state index contributed by atoms with van der Waals surface area (Å²) in [5, 5.41) is 3.01. The van der Waals surface area contributed by atoms with E-state index in [2.05, 4.69) is 40.5 Å². The van der Waals surface area contributed by atoms with Crippen molar-refractivity contribution in [3.05, 3.63) is 60.1 Å². The number of rotatable bonds is 4. The number of fused-ring (bicyclic) bond motifs is 4. The Bertz CT molecular complexity index is 686. The van der Waals surface area contributed by atoms with Gasteiger partial charge in [-0.2, -0.15) is 0 Å². The molecule has 2 aromatic rings. The SMILES string of the molecule is O=C(NCc1ccco1)N1C[C@H]2CC[C@@H]1CN(Cc1ccccc1)C2. The van der Waals surface area contributed by atoms with E-state index in [0.717, 1.165) is 38.4 Å². The van der Waals surface area contributed by atoms with Gasteiger partial charge in [0.1, 0.15) is 5.76 Å². The molecule has 25 heavy (non-hydrogen) atoms. The first kappa shape index (κ1) is 16.2. The quantitative estimate of drug-likeness (QED) is 0.931. The molecule has 0 aliphatic carbocycles. The monoisotopic (exact) mass is 339 g/mol. The lowest BCUT2D eigenvalue weighted by atomic mass is 9.95.